The molecule has 216 valence electrons. The maximum absolute atomic E-state index is 13.9. The Hall–Kier alpha value is -3.61. The van der Waals surface area contributed by atoms with Crippen LogP contribution in [-0.2, 0) is 31.4 Å². The van der Waals surface area contributed by atoms with E-state index in [-0.39, 0.29) is 12.8 Å². The fourth-order valence-electron chi connectivity index (χ4n) is 4.74. The molecule has 0 spiro atoms. The molecule has 2 aromatic rings. The van der Waals surface area contributed by atoms with Gasteiger partial charge in [0.2, 0.25) is 24.5 Å². The SMILES string of the molecule is C[C@@H](C(=O)NC1CCCCC1)N(C(=O)C[S@](=O)CC(=O)Nc1ccc2c(c1)OCO2)c1ccccc1C(F)(F)F. The summed E-state index contributed by atoms with van der Waals surface area (Å²) >= 11 is 0. The topological polar surface area (TPSA) is 114 Å². The molecule has 0 saturated heterocycles. The highest BCUT2D eigenvalue weighted by atomic mass is 32.2. The van der Waals surface area contributed by atoms with Crippen LogP contribution in [0.15, 0.2) is 42.5 Å². The quantitative estimate of drug-likeness (QED) is 0.463. The van der Waals surface area contributed by atoms with E-state index in [9.17, 15) is 31.8 Å². The number of halogens is 3. The summed E-state index contributed by atoms with van der Waals surface area (Å²) in [4.78, 5) is 39.7. The van der Waals surface area contributed by atoms with Gasteiger partial charge in [0, 0.05) is 28.6 Å². The van der Waals surface area contributed by atoms with Crippen molar-refractivity contribution in [3.05, 3.63) is 48.0 Å². The van der Waals surface area contributed by atoms with Gasteiger partial charge >= 0.3 is 6.18 Å². The monoisotopic (exact) mass is 581 g/mol. The molecule has 1 heterocycles. The molecule has 2 N–H and O–H groups in total. The first-order chi connectivity index (χ1) is 19.0. The number of rotatable bonds is 9. The van der Waals surface area contributed by atoms with Crippen LogP contribution in [0.25, 0.3) is 0 Å². The van der Waals surface area contributed by atoms with Gasteiger partial charge in [0.1, 0.15) is 17.5 Å². The predicted molar refractivity (Wildman–Crippen MR) is 142 cm³/mol. The van der Waals surface area contributed by atoms with E-state index in [4.69, 9.17) is 9.47 Å². The van der Waals surface area contributed by atoms with Crippen molar-refractivity contribution in [2.45, 2.75) is 57.3 Å². The lowest BCUT2D eigenvalue weighted by Crippen LogP contribution is -2.52. The molecule has 1 saturated carbocycles. The van der Waals surface area contributed by atoms with Gasteiger partial charge in [-0.1, -0.05) is 31.4 Å². The number of hydrogen-bond donors (Lipinski definition) is 2. The Balaban J connectivity index is 1.48. The highest BCUT2D eigenvalue weighted by Crippen LogP contribution is 2.37. The molecule has 1 aliphatic carbocycles. The van der Waals surface area contributed by atoms with Crippen LogP contribution >= 0.6 is 0 Å². The predicted octanol–water partition coefficient (Wildman–Crippen LogP) is 3.99. The summed E-state index contributed by atoms with van der Waals surface area (Å²) in [5, 5.41) is 5.39. The first-order valence-electron chi connectivity index (χ1n) is 12.9. The summed E-state index contributed by atoms with van der Waals surface area (Å²) in [5.41, 5.74) is -1.27. The van der Waals surface area contributed by atoms with Crippen LogP contribution in [0.4, 0.5) is 24.5 Å². The van der Waals surface area contributed by atoms with Crippen molar-refractivity contribution in [2.75, 3.05) is 28.5 Å². The second-order valence-electron chi connectivity index (χ2n) is 9.64. The minimum absolute atomic E-state index is 0.0456. The Morgan fingerprint density at radius 3 is 2.45 bits per heavy atom. The molecular weight excluding hydrogens is 551 g/mol. The zero-order valence-corrected chi connectivity index (χ0v) is 22.6. The van der Waals surface area contributed by atoms with Crippen molar-refractivity contribution >= 4 is 39.9 Å². The van der Waals surface area contributed by atoms with Crippen LogP contribution < -0.4 is 25.0 Å². The van der Waals surface area contributed by atoms with Gasteiger partial charge < -0.3 is 20.1 Å². The Morgan fingerprint density at radius 1 is 1.02 bits per heavy atom. The number of hydrogen-bond acceptors (Lipinski definition) is 6. The Labute approximate surface area is 231 Å². The minimum Gasteiger partial charge on any atom is -0.454 e. The van der Waals surface area contributed by atoms with Crippen LogP contribution in [0, 0.1) is 0 Å². The molecule has 2 atom stereocenters. The largest absolute Gasteiger partial charge is 0.454 e. The molecule has 2 aliphatic rings. The molecule has 0 aromatic heterocycles. The van der Waals surface area contributed by atoms with E-state index >= 15 is 0 Å². The van der Waals surface area contributed by atoms with E-state index in [1.54, 1.807) is 12.1 Å². The molecule has 0 unspecified atom stereocenters. The first kappa shape index (κ1) is 29.4. The average Bonchev–Trinajstić information content (AvgIpc) is 3.37. The van der Waals surface area contributed by atoms with E-state index in [1.165, 1.54) is 25.1 Å². The maximum atomic E-state index is 13.9. The molecule has 0 radical (unpaired) electrons. The zero-order valence-electron chi connectivity index (χ0n) is 21.8. The van der Waals surface area contributed by atoms with Gasteiger partial charge in [0.05, 0.1) is 11.3 Å². The fraction of sp³-hybridized carbons (Fsp3) is 0.444. The molecule has 4 rings (SSSR count). The number of benzene rings is 2. The molecule has 1 fully saturated rings. The third kappa shape index (κ3) is 7.32. The Morgan fingerprint density at radius 2 is 1.73 bits per heavy atom. The number of para-hydroxylation sites is 1. The number of carbonyl (C=O) groups excluding carboxylic acids is 3. The van der Waals surface area contributed by atoms with E-state index in [0.29, 0.717) is 17.2 Å². The second-order valence-corrected chi connectivity index (χ2v) is 11.1. The summed E-state index contributed by atoms with van der Waals surface area (Å²) in [7, 11) is -2.08. The maximum Gasteiger partial charge on any atom is 0.418 e. The lowest BCUT2D eigenvalue weighted by molar-refractivity contribution is -0.137. The zero-order chi connectivity index (χ0) is 28.9. The molecule has 1 aliphatic heterocycles. The number of carbonyl (C=O) groups is 3. The van der Waals surface area contributed by atoms with E-state index in [0.717, 1.165) is 49.1 Å². The number of fused-ring (bicyclic) bond motifs is 1. The van der Waals surface area contributed by atoms with Crippen LogP contribution in [0.2, 0.25) is 0 Å². The van der Waals surface area contributed by atoms with Crippen LogP contribution in [0.1, 0.15) is 44.6 Å². The second kappa shape index (κ2) is 12.7. The Bertz CT molecular complexity index is 1280. The molecule has 0 bridgehead atoms. The summed E-state index contributed by atoms with van der Waals surface area (Å²) in [6.07, 6.45) is -0.432. The third-order valence-corrected chi connectivity index (χ3v) is 7.84. The number of nitrogens with zero attached hydrogens (tertiary/aromatic N) is 1. The van der Waals surface area contributed by atoms with Crippen molar-refractivity contribution in [3.8, 4) is 11.5 Å². The first-order valence-corrected chi connectivity index (χ1v) is 14.3. The number of nitrogens with one attached hydrogen (secondary N) is 2. The third-order valence-electron chi connectivity index (χ3n) is 6.69. The van der Waals surface area contributed by atoms with E-state index < -0.39 is 63.5 Å². The highest BCUT2D eigenvalue weighted by molar-refractivity contribution is 7.86. The fourth-order valence-corrected chi connectivity index (χ4v) is 5.63. The summed E-state index contributed by atoms with van der Waals surface area (Å²) in [6, 6.07) is 7.64. The number of ether oxygens (including phenoxy) is 2. The van der Waals surface area contributed by atoms with Gasteiger partial charge in [0.25, 0.3) is 0 Å². The Kier molecular flexibility index (Phi) is 9.33. The van der Waals surface area contributed by atoms with E-state index in [1.807, 2.05) is 0 Å². The number of anilines is 2. The molecular formula is C27H30F3N3O6S. The van der Waals surface area contributed by atoms with Gasteiger partial charge in [-0.05, 0) is 44.0 Å². The van der Waals surface area contributed by atoms with Crippen molar-refractivity contribution in [2.24, 2.45) is 0 Å². The molecule has 40 heavy (non-hydrogen) atoms. The van der Waals surface area contributed by atoms with Gasteiger partial charge in [0.15, 0.2) is 11.5 Å². The van der Waals surface area contributed by atoms with Crippen LogP contribution in [0.5, 0.6) is 11.5 Å². The normalized spacial score (nSPS) is 16.6. The lowest BCUT2D eigenvalue weighted by Gasteiger charge is -2.32. The number of amides is 3. The lowest BCUT2D eigenvalue weighted by atomic mass is 9.95. The summed E-state index contributed by atoms with van der Waals surface area (Å²) in [6.45, 7) is 1.38. The molecule has 9 nitrogen and oxygen atoms in total. The van der Waals surface area contributed by atoms with Crippen LogP contribution in [0.3, 0.4) is 0 Å². The highest BCUT2D eigenvalue weighted by Gasteiger charge is 2.39. The minimum atomic E-state index is -4.81. The molecule has 2 aromatic carbocycles. The molecule has 13 heteroatoms. The smallest absolute Gasteiger partial charge is 0.418 e. The van der Waals surface area contributed by atoms with Gasteiger partial charge in [-0.15, -0.1) is 0 Å². The van der Waals surface area contributed by atoms with Crippen molar-refractivity contribution in [1.82, 2.24) is 5.32 Å². The molecule has 3 amide bonds. The number of alkyl halides is 3. The van der Waals surface area contributed by atoms with Crippen molar-refractivity contribution in [3.63, 3.8) is 0 Å². The van der Waals surface area contributed by atoms with Crippen molar-refractivity contribution in [1.29, 1.82) is 0 Å². The van der Waals surface area contributed by atoms with E-state index in [2.05, 4.69) is 10.6 Å². The summed E-state index contributed by atoms with van der Waals surface area (Å²) < 4.78 is 64.9. The summed E-state index contributed by atoms with van der Waals surface area (Å²) in [5.74, 6) is -2.67. The van der Waals surface area contributed by atoms with Gasteiger partial charge in [-0.2, -0.15) is 13.2 Å². The van der Waals surface area contributed by atoms with Gasteiger partial charge in [-0.25, -0.2) is 0 Å². The van der Waals surface area contributed by atoms with Crippen molar-refractivity contribution < 1.29 is 41.2 Å². The average molecular weight is 582 g/mol. The standard InChI is InChI=1S/C27H30F3N3O6S/c1-17(26(36)32-18-7-3-2-4-8-18)33(21-10-6-5-9-20(21)27(28,29)30)25(35)15-40(37)14-24(34)31-19-11-12-22-23(13-19)39-16-38-22/h5-6,9-13,17-18H,2-4,7-8,14-16H2,1H3,(H,31,34)(H,32,36)/t17-,40+/m0/s1. The van der Waals surface area contributed by atoms with Crippen LogP contribution in [-0.4, -0.2) is 52.3 Å². The van der Waals surface area contributed by atoms with Gasteiger partial charge in [-0.3, -0.25) is 23.5 Å².